The van der Waals surface area contributed by atoms with Gasteiger partial charge < -0.3 is 5.32 Å². The van der Waals surface area contributed by atoms with Crippen LogP contribution < -0.4 is 5.32 Å². The highest BCUT2D eigenvalue weighted by Crippen LogP contribution is 2.53. The Kier molecular flexibility index (Phi) is 1.10. The molecule has 2 fully saturated rings. The van der Waals surface area contributed by atoms with E-state index in [1.807, 2.05) is 0 Å². The van der Waals surface area contributed by atoms with Crippen LogP contribution >= 0.6 is 0 Å². The van der Waals surface area contributed by atoms with E-state index in [0.29, 0.717) is 0 Å². The highest BCUT2D eigenvalue weighted by atomic mass is 14.9. The van der Waals surface area contributed by atoms with Gasteiger partial charge in [0.05, 0.1) is 0 Å². The van der Waals surface area contributed by atoms with Crippen LogP contribution in [-0.4, -0.2) is 13.1 Å². The molecule has 1 heterocycles. The smallest absolute Gasteiger partial charge is 0.00148 e. The van der Waals surface area contributed by atoms with Crippen molar-refractivity contribution in [2.45, 2.75) is 26.2 Å². The van der Waals surface area contributed by atoms with E-state index in [1.54, 1.807) is 0 Å². The zero-order chi connectivity index (χ0) is 6.32. The molecular formula is C8H15N. The molecule has 0 radical (unpaired) electrons. The lowest BCUT2D eigenvalue weighted by Gasteiger charge is -2.15. The van der Waals surface area contributed by atoms with Crippen molar-refractivity contribution in [2.24, 2.45) is 11.3 Å². The maximum Gasteiger partial charge on any atom is -0.00148 e. The maximum absolute atomic E-state index is 3.42. The Bertz CT molecular complexity index is 110. The lowest BCUT2D eigenvalue weighted by molar-refractivity contribution is 0.364. The van der Waals surface area contributed by atoms with Crippen LogP contribution in [0.1, 0.15) is 26.2 Å². The second kappa shape index (κ2) is 1.72. The fourth-order valence-corrected chi connectivity index (χ4v) is 1.85. The van der Waals surface area contributed by atoms with Gasteiger partial charge in [-0.05, 0) is 43.7 Å². The SMILES string of the molecule is CC1(C2CCNC2)CC1. The molecule has 9 heavy (non-hydrogen) atoms. The molecule has 1 saturated carbocycles. The second-order valence-electron chi connectivity index (χ2n) is 3.84. The van der Waals surface area contributed by atoms with Crippen LogP contribution in [0.2, 0.25) is 0 Å². The molecule has 0 aromatic carbocycles. The normalized spacial score (nSPS) is 39.0. The van der Waals surface area contributed by atoms with Crippen molar-refractivity contribution in [3.63, 3.8) is 0 Å². The number of rotatable bonds is 1. The second-order valence-corrected chi connectivity index (χ2v) is 3.84. The predicted octanol–water partition coefficient (Wildman–Crippen LogP) is 1.40. The topological polar surface area (TPSA) is 12.0 Å². The van der Waals surface area contributed by atoms with Gasteiger partial charge in [-0.25, -0.2) is 0 Å². The highest BCUT2D eigenvalue weighted by Gasteiger charge is 2.45. The summed E-state index contributed by atoms with van der Waals surface area (Å²) in [6.07, 6.45) is 4.40. The molecule has 1 saturated heterocycles. The minimum absolute atomic E-state index is 0.767. The lowest BCUT2D eigenvalue weighted by atomic mass is 9.90. The van der Waals surface area contributed by atoms with Crippen molar-refractivity contribution >= 4 is 0 Å². The standard InChI is InChI=1S/C8H15N/c1-8(3-4-8)7-2-5-9-6-7/h7,9H,2-6H2,1H3. The van der Waals surface area contributed by atoms with Crippen LogP contribution in [0.25, 0.3) is 0 Å². The molecule has 1 aliphatic carbocycles. The first kappa shape index (κ1) is 5.72. The van der Waals surface area contributed by atoms with E-state index >= 15 is 0 Å². The molecular weight excluding hydrogens is 110 g/mol. The summed E-state index contributed by atoms with van der Waals surface area (Å²) < 4.78 is 0. The van der Waals surface area contributed by atoms with Crippen molar-refractivity contribution < 1.29 is 0 Å². The summed E-state index contributed by atoms with van der Waals surface area (Å²) in [5, 5.41) is 3.42. The minimum atomic E-state index is 0.767. The van der Waals surface area contributed by atoms with Crippen LogP contribution in [0, 0.1) is 11.3 Å². The van der Waals surface area contributed by atoms with Gasteiger partial charge in [-0.2, -0.15) is 0 Å². The average Bonchev–Trinajstić information content (AvgIpc) is 2.46. The molecule has 0 amide bonds. The summed E-state index contributed by atoms with van der Waals surface area (Å²) in [6, 6.07) is 0. The Balaban J connectivity index is 1.97. The van der Waals surface area contributed by atoms with Crippen LogP contribution in [-0.2, 0) is 0 Å². The Morgan fingerprint density at radius 1 is 1.44 bits per heavy atom. The highest BCUT2D eigenvalue weighted by molar-refractivity contribution is 4.97. The van der Waals surface area contributed by atoms with E-state index in [9.17, 15) is 0 Å². The van der Waals surface area contributed by atoms with Crippen LogP contribution in [0.4, 0.5) is 0 Å². The van der Waals surface area contributed by atoms with Crippen LogP contribution in [0.3, 0.4) is 0 Å². The van der Waals surface area contributed by atoms with E-state index in [4.69, 9.17) is 0 Å². The van der Waals surface area contributed by atoms with Gasteiger partial charge in [0.25, 0.3) is 0 Å². The molecule has 1 nitrogen and oxygen atoms in total. The number of nitrogens with one attached hydrogen (secondary N) is 1. The molecule has 0 spiro atoms. The molecule has 1 atom stereocenters. The first-order valence-corrected chi connectivity index (χ1v) is 4.02. The summed E-state index contributed by atoms with van der Waals surface area (Å²) in [7, 11) is 0. The largest absolute Gasteiger partial charge is 0.316 e. The van der Waals surface area contributed by atoms with Crippen molar-refractivity contribution in [3.05, 3.63) is 0 Å². The van der Waals surface area contributed by atoms with E-state index in [2.05, 4.69) is 12.2 Å². The summed E-state index contributed by atoms with van der Waals surface area (Å²) in [5.74, 6) is 1.01. The third-order valence-electron chi connectivity index (χ3n) is 3.08. The Morgan fingerprint density at radius 3 is 2.67 bits per heavy atom. The molecule has 1 unspecified atom stereocenters. The average molecular weight is 125 g/mol. The van der Waals surface area contributed by atoms with E-state index in [1.165, 1.54) is 32.4 Å². The first-order valence-electron chi connectivity index (χ1n) is 4.02. The molecule has 2 rings (SSSR count). The monoisotopic (exact) mass is 125 g/mol. The zero-order valence-corrected chi connectivity index (χ0v) is 6.11. The van der Waals surface area contributed by atoms with Gasteiger partial charge in [0.15, 0.2) is 0 Å². The van der Waals surface area contributed by atoms with Crippen LogP contribution in [0.5, 0.6) is 0 Å². The molecule has 52 valence electrons. The van der Waals surface area contributed by atoms with Gasteiger partial charge >= 0.3 is 0 Å². The quantitative estimate of drug-likeness (QED) is 0.558. The van der Waals surface area contributed by atoms with Gasteiger partial charge in [-0.3, -0.25) is 0 Å². The fourth-order valence-electron chi connectivity index (χ4n) is 1.85. The van der Waals surface area contributed by atoms with Crippen LogP contribution in [0.15, 0.2) is 0 Å². The van der Waals surface area contributed by atoms with Gasteiger partial charge in [-0.1, -0.05) is 6.92 Å². The van der Waals surface area contributed by atoms with Gasteiger partial charge in [0.2, 0.25) is 0 Å². The number of hydrogen-bond donors (Lipinski definition) is 1. The Hall–Kier alpha value is -0.0400. The molecule has 1 aliphatic heterocycles. The minimum Gasteiger partial charge on any atom is -0.316 e. The predicted molar refractivity (Wildman–Crippen MR) is 38.3 cm³/mol. The third kappa shape index (κ3) is 0.877. The molecule has 0 bridgehead atoms. The van der Waals surface area contributed by atoms with Crippen molar-refractivity contribution in [2.75, 3.05) is 13.1 Å². The van der Waals surface area contributed by atoms with E-state index in [-0.39, 0.29) is 0 Å². The molecule has 2 aliphatic rings. The maximum atomic E-state index is 3.42. The van der Waals surface area contributed by atoms with E-state index in [0.717, 1.165) is 11.3 Å². The van der Waals surface area contributed by atoms with Crippen molar-refractivity contribution in [1.29, 1.82) is 0 Å². The lowest BCUT2D eigenvalue weighted by Crippen LogP contribution is -2.15. The number of hydrogen-bond acceptors (Lipinski definition) is 1. The first-order chi connectivity index (χ1) is 4.31. The Labute approximate surface area is 56.8 Å². The molecule has 1 heteroatoms. The van der Waals surface area contributed by atoms with Gasteiger partial charge in [-0.15, -0.1) is 0 Å². The third-order valence-corrected chi connectivity index (χ3v) is 3.08. The van der Waals surface area contributed by atoms with Gasteiger partial charge in [0.1, 0.15) is 0 Å². The molecule has 0 aromatic rings. The van der Waals surface area contributed by atoms with Gasteiger partial charge in [0, 0.05) is 0 Å². The summed E-state index contributed by atoms with van der Waals surface area (Å²) in [6.45, 7) is 4.99. The Morgan fingerprint density at radius 2 is 2.22 bits per heavy atom. The zero-order valence-electron chi connectivity index (χ0n) is 6.11. The molecule has 1 N–H and O–H groups in total. The van der Waals surface area contributed by atoms with Crippen molar-refractivity contribution in [3.8, 4) is 0 Å². The summed E-state index contributed by atoms with van der Waals surface area (Å²) in [5.41, 5.74) is 0.767. The van der Waals surface area contributed by atoms with Crippen molar-refractivity contribution in [1.82, 2.24) is 5.32 Å². The fraction of sp³-hybridized carbons (Fsp3) is 1.00. The summed E-state index contributed by atoms with van der Waals surface area (Å²) >= 11 is 0. The summed E-state index contributed by atoms with van der Waals surface area (Å²) in [4.78, 5) is 0. The van der Waals surface area contributed by atoms with E-state index < -0.39 is 0 Å². The molecule has 0 aromatic heterocycles.